The number of nitrogens with two attached hydrogens (primary N) is 1. The highest BCUT2D eigenvalue weighted by Gasteiger charge is 2.23. The van der Waals surface area contributed by atoms with Crippen LogP contribution in [-0.4, -0.2) is 33.7 Å². The lowest BCUT2D eigenvalue weighted by Gasteiger charge is -2.13. The smallest absolute Gasteiger partial charge is 0.341 e. The molecule has 0 amide bonds. The van der Waals surface area contributed by atoms with Gasteiger partial charge in [0, 0.05) is 12.7 Å². The summed E-state index contributed by atoms with van der Waals surface area (Å²) in [5, 5.41) is 4.78. The number of halogens is 2. The molecule has 1 unspecified atom stereocenters. The number of benzene rings is 1. The largest absolute Gasteiger partial charge is 0.457 e. The predicted molar refractivity (Wildman–Crippen MR) is 69.1 cm³/mol. The van der Waals surface area contributed by atoms with Crippen LogP contribution in [0.5, 0.6) is 0 Å². The van der Waals surface area contributed by atoms with Gasteiger partial charge in [0.15, 0.2) is 0 Å². The van der Waals surface area contributed by atoms with Crippen LogP contribution in [0, 0.1) is 11.6 Å². The zero-order chi connectivity index (χ0) is 16.2. The number of primary sulfonamides is 1. The molecule has 0 aliphatic rings. The average Bonchev–Trinajstić information content (AvgIpc) is 2.34. The summed E-state index contributed by atoms with van der Waals surface area (Å²) in [7, 11) is -4.42. The minimum absolute atomic E-state index is 0.0904. The van der Waals surface area contributed by atoms with Crippen LogP contribution >= 0.6 is 0 Å². The first kappa shape index (κ1) is 17.5. The summed E-state index contributed by atoms with van der Waals surface area (Å²) >= 11 is 0. The van der Waals surface area contributed by atoms with Gasteiger partial charge >= 0.3 is 5.97 Å². The Balaban J connectivity index is 3.05. The van der Waals surface area contributed by atoms with Crippen molar-refractivity contribution < 1.29 is 31.5 Å². The molecule has 0 aromatic heterocycles. The normalized spacial score (nSPS) is 13.0. The fourth-order valence-electron chi connectivity index (χ4n) is 1.47. The molecule has 1 aromatic rings. The molecule has 0 heterocycles. The van der Waals surface area contributed by atoms with E-state index in [4.69, 9.17) is 14.6 Å². The van der Waals surface area contributed by atoms with Crippen molar-refractivity contribution in [2.24, 2.45) is 5.14 Å². The highest BCUT2D eigenvalue weighted by molar-refractivity contribution is 7.89. The van der Waals surface area contributed by atoms with Gasteiger partial charge < -0.3 is 9.47 Å². The van der Waals surface area contributed by atoms with Crippen molar-refractivity contribution in [1.29, 1.82) is 0 Å². The third kappa shape index (κ3) is 4.73. The lowest BCUT2D eigenvalue weighted by atomic mass is 10.2. The highest BCUT2D eigenvalue weighted by Crippen LogP contribution is 2.19. The summed E-state index contributed by atoms with van der Waals surface area (Å²) in [5.41, 5.74) is -0.719. The second-order valence-corrected chi connectivity index (χ2v) is 5.71. The van der Waals surface area contributed by atoms with Gasteiger partial charge in [-0.25, -0.2) is 27.1 Å². The SMILES string of the molecule is CCOCC(C)OC(=O)c1cc(S(N)(=O)=O)c(F)cc1F. The first-order chi connectivity index (χ1) is 9.66. The molecule has 0 aliphatic carbocycles. The number of carbonyl (C=O) groups is 1. The Morgan fingerprint density at radius 3 is 2.48 bits per heavy atom. The molecular weight excluding hydrogens is 308 g/mol. The summed E-state index contributed by atoms with van der Waals surface area (Å²) in [5.74, 6) is -3.76. The second-order valence-electron chi connectivity index (χ2n) is 4.18. The molecular formula is C12H15F2NO5S. The zero-order valence-electron chi connectivity index (χ0n) is 11.4. The Morgan fingerprint density at radius 1 is 1.33 bits per heavy atom. The van der Waals surface area contributed by atoms with E-state index in [-0.39, 0.29) is 12.7 Å². The number of rotatable bonds is 6. The summed E-state index contributed by atoms with van der Waals surface area (Å²) in [4.78, 5) is 10.8. The van der Waals surface area contributed by atoms with E-state index < -0.39 is 44.2 Å². The Morgan fingerprint density at radius 2 is 1.95 bits per heavy atom. The Labute approximate surface area is 120 Å². The lowest BCUT2D eigenvalue weighted by molar-refractivity contribution is 0.00397. The molecule has 2 N–H and O–H groups in total. The maximum Gasteiger partial charge on any atom is 0.341 e. The van der Waals surface area contributed by atoms with Crippen molar-refractivity contribution in [3.8, 4) is 0 Å². The van der Waals surface area contributed by atoms with Crippen LogP contribution in [0.2, 0.25) is 0 Å². The minimum Gasteiger partial charge on any atom is -0.457 e. The van der Waals surface area contributed by atoms with Gasteiger partial charge in [0.1, 0.15) is 22.6 Å². The summed E-state index contributed by atoms with van der Waals surface area (Å²) in [6.45, 7) is 3.75. The maximum atomic E-state index is 13.6. The van der Waals surface area contributed by atoms with Gasteiger partial charge in [-0.1, -0.05) is 0 Å². The fraction of sp³-hybridized carbons (Fsp3) is 0.417. The van der Waals surface area contributed by atoms with Crippen molar-refractivity contribution >= 4 is 16.0 Å². The Kier molecular flexibility index (Phi) is 5.76. The van der Waals surface area contributed by atoms with E-state index in [1.54, 1.807) is 6.92 Å². The van der Waals surface area contributed by atoms with Gasteiger partial charge in [0.25, 0.3) is 0 Å². The first-order valence-corrected chi connectivity index (χ1v) is 7.52. The molecule has 9 heteroatoms. The maximum absolute atomic E-state index is 13.6. The monoisotopic (exact) mass is 323 g/mol. The third-order valence-corrected chi connectivity index (χ3v) is 3.34. The van der Waals surface area contributed by atoms with Gasteiger partial charge in [0.2, 0.25) is 10.0 Å². The molecule has 0 fully saturated rings. The average molecular weight is 323 g/mol. The van der Waals surface area contributed by atoms with Crippen LogP contribution in [0.3, 0.4) is 0 Å². The second kappa shape index (κ2) is 6.92. The van der Waals surface area contributed by atoms with E-state index in [0.29, 0.717) is 12.7 Å². The van der Waals surface area contributed by atoms with Gasteiger partial charge in [-0.3, -0.25) is 0 Å². The van der Waals surface area contributed by atoms with E-state index in [1.807, 2.05) is 0 Å². The van der Waals surface area contributed by atoms with Crippen LogP contribution < -0.4 is 5.14 Å². The molecule has 0 aliphatic heterocycles. The topological polar surface area (TPSA) is 95.7 Å². The molecule has 1 aromatic carbocycles. The summed E-state index contributed by atoms with van der Waals surface area (Å²) < 4.78 is 59.1. The third-order valence-electron chi connectivity index (χ3n) is 2.41. The number of hydrogen-bond acceptors (Lipinski definition) is 5. The molecule has 118 valence electrons. The van der Waals surface area contributed by atoms with E-state index in [1.165, 1.54) is 6.92 Å². The lowest BCUT2D eigenvalue weighted by Crippen LogP contribution is -2.22. The van der Waals surface area contributed by atoms with E-state index in [2.05, 4.69) is 0 Å². The standard InChI is InChI=1S/C12H15F2NO5S/c1-3-19-6-7(2)20-12(16)8-4-11(21(15,17)18)10(14)5-9(8)13/h4-5,7H,3,6H2,1-2H3,(H2,15,17,18). The fourth-order valence-corrected chi connectivity index (χ4v) is 2.08. The highest BCUT2D eigenvalue weighted by atomic mass is 32.2. The predicted octanol–water partition coefficient (Wildman–Crippen LogP) is 1.19. The molecule has 1 atom stereocenters. The van der Waals surface area contributed by atoms with Gasteiger partial charge in [-0.15, -0.1) is 0 Å². The van der Waals surface area contributed by atoms with E-state index in [0.717, 1.165) is 0 Å². The molecule has 0 bridgehead atoms. The van der Waals surface area contributed by atoms with Gasteiger partial charge in [0.05, 0.1) is 12.2 Å². The number of sulfonamides is 1. The van der Waals surface area contributed by atoms with Gasteiger partial charge in [-0.05, 0) is 19.9 Å². The number of hydrogen-bond donors (Lipinski definition) is 1. The van der Waals surface area contributed by atoms with Crippen LogP contribution in [0.25, 0.3) is 0 Å². The van der Waals surface area contributed by atoms with Crippen molar-refractivity contribution in [3.05, 3.63) is 29.3 Å². The molecule has 1 rings (SSSR count). The van der Waals surface area contributed by atoms with Crippen LogP contribution in [0.4, 0.5) is 8.78 Å². The zero-order valence-corrected chi connectivity index (χ0v) is 12.2. The van der Waals surface area contributed by atoms with Crippen molar-refractivity contribution in [1.82, 2.24) is 0 Å². The molecule has 0 radical (unpaired) electrons. The van der Waals surface area contributed by atoms with E-state index >= 15 is 0 Å². The van der Waals surface area contributed by atoms with Crippen molar-refractivity contribution in [2.45, 2.75) is 24.8 Å². The van der Waals surface area contributed by atoms with E-state index in [9.17, 15) is 22.0 Å². The number of esters is 1. The minimum atomic E-state index is -4.42. The number of carbonyl (C=O) groups excluding carboxylic acids is 1. The van der Waals surface area contributed by atoms with Crippen molar-refractivity contribution in [3.63, 3.8) is 0 Å². The summed E-state index contributed by atoms with van der Waals surface area (Å²) in [6, 6.07) is 0.777. The molecule has 6 nitrogen and oxygen atoms in total. The quantitative estimate of drug-likeness (QED) is 0.794. The van der Waals surface area contributed by atoms with Crippen LogP contribution in [-0.2, 0) is 19.5 Å². The molecule has 0 saturated carbocycles. The first-order valence-electron chi connectivity index (χ1n) is 5.97. The molecule has 0 spiro atoms. The molecule has 0 saturated heterocycles. The molecule has 21 heavy (non-hydrogen) atoms. The summed E-state index contributed by atoms with van der Waals surface area (Å²) in [6.07, 6.45) is -0.681. The number of ether oxygens (including phenoxy) is 2. The Hall–Kier alpha value is -1.58. The Bertz CT molecular complexity index is 633. The van der Waals surface area contributed by atoms with Crippen molar-refractivity contribution in [2.75, 3.05) is 13.2 Å². The van der Waals surface area contributed by atoms with Gasteiger partial charge in [-0.2, -0.15) is 0 Å². The van der Waals surface area contributed by atoms with Crippen LogP contribution in [0.1, 0.15) is 24.2 Å². The van der Waals surface area contributed by atoms with Crippen LogP contribution in [0.15, 0.2) is 17.0 Å².